The van der Waals surface area contributed by atoms with Crippen LogP contribution in [0.2, 0.25) is 0 Å². The first-order valence-corrected chi connectivity index (χ1v) is 6.19. The summed E-state index contributed by atoms with van der Waals surface area (Å²) < 4.78 is 5.52. The molecule has 5 nitrogen and oxygen atoms in total. The number of hydrogen-bond donors (Lipinski definition) is 2. The molecule has 0 bridgehead atoms. The molecule has 2 heterocycles. The van der Waals surface area contributed by atoms with E-state index in [0.717, 1.165) is 19.4 Å². The number of aromatic nitrogens is 1. The van der Waals surface area contributed by atoms with Gasteiger partial charge in [0, 0.05) is 18.4 Å². The molecule has 98 valence electrons. The quantitative estimate of drug-likeness (QED) is 0.796. The van der Waals surface area contributed by atoms with Gasteiger partial charge in [-0.3, -0.25) is 9.59 Å². The van der Waals surface area contributed by atoms with Crippen molar-refractivity contribution in [1.29, 1.82) is 0 Å². The fraction of sp³-hybridized carbons (Fsp3) is 0.538. The van der Waals surface area contributed by atoms with Crippen LogP contribution in [0.25, 0.3) is 0 Å². The number of carbonyl (C=O) groups is 2. The van der Waals surface area contributed by atoms with E-state index < -0.39 is 0 Å². The van der Waals surface area contributed by atoms with Gasteiger partial charge in [0.05, 0.1) is 12.1 Å². The van der Waals surface area contributed by atoms with E-state index in [4.69, 9.17) is 4.74 Å². The third-order valence-corrected chi connectivity index (χ3v) is 3.22. The Morgan fingerprint density at radius 2 is 2.33 bits per heavy atom. The molecule has 1 fully saturated rings. The lowest BCUT2D eigenvalue weighted by Crippen LogP contribution is -2.40. The van der Waals surface area contributed by atoms with Crippen molar-refractivity contribution in [3.63, 3.8) is 0 Å². The van der Waals surface area contributed by atoms with E-state index in [-0.39, 0.29) is 23.8 Å². The summed E-state index contributed by atoms with van der Waals surface area (Å²) in [6.07, 6.45) is 3.66. The molecule has 5 heteroatoms. The van der Waals surface area contributed by atoms with Crippen LogP contribution in [-0.2, 0) is 4.74 Å². The van der Waals surface area contributed by atoms with Crippen LogP contribution in [0.1, 0.15) is 47.5 Å². The second-order valence-electron chi connectivity index (χ2n) is 4.67. The SMILES string of the molecule is CC(=O)c1c[nH]c(C(=O)N[C@@H](C)[C@@H]2CCCO2)c1. The molecule has 0 radical (unpaired) electrons. The second-order valence-corrected chi connectivity index (χ2v) is 4.67. The number of Topliss-reactive ketones (excluding diaryl/α,β-unsaturated/α-hetero) is 1. The van der Waals surface area contributed by atoms with Crippen LogP contribution in [0.15, 0.2) is 12.3 Å². The summed E-state index contributed by atoms with van der Waals surface area (Å²) in [6, 6.07) is 1.55. The van der Waals surface area contributed by atoms with E-state index in [1.165, 1.54) is 6.92 Å². The minimum Gasteiger partial charge on any atom is -0.376 e. The number of ketones is 1. The molecule has 0 aliphatic carbocycles. The zero-order valence-electron chi connectivity index (χ0n) is 10.7. The molecule has 1 saturated heterocycles. The summed E-state index contributed by atoms with van der Waals surface area (Å²) in [5.74, 6) is -0.261. The lowest BCUT2D eigenvalue weighted by molar-refractivity contribution is 0.0710. The van der Waals surface area contributed by atoms with Crippen LogP contribution in [0.3, 0.4) is 0 Å². The molecule has 2 N–H and O–H groups in total. The van der Waals surface area contributed by atoms with Crippen molar-refractivity contribution in [2.45, 2.75) is 38.8 Å². The Morgan fingerprint density at radius 1 is 1.56 bits per heavy atom. The number of hydrogen-bond acceptors (Lipinski definition) is 3. The third-order valence-electron chi connectivity index (χ3n) is 3.22. The van der Waals surface area contributed by atoms with Crippen LogP contribution in [0.5, 0.6) is 0 Å². The van der Waals surface area contributed by atoms with Crippen molar-refractivity contribution in [2.75, 3.05) is 6.61 Å². The lowest BCUT2D eigenvalue weighted by atomic mass is 10.1. The average molecular weight is 250 g/mol. The highest BCUT2D eigenvalue weighted by Crippen LogP contribution is 2.15. The summed E-state index contributed by atoms with van der Waals surface area (Å²) in [5.41, 5.74) is 0.926. The predicted molar refractivity (Wildman–Crippen MR) is 66.7 cm³/mol. The summed E-state index contributed by atoms with van der Waals surface area (Å²) in [5, 5.41) is 2.88. The molecule has 1 aromatic heterocycles. The van der Waals surface area contributed by atoms with E-state index in [2.05, 4.69) is 10.3 Å². The Labute approximate surface area is 106 Å². The van der Waals surface area contributed by atoms with Gasteiger partial charge >= 0.3 is 0 Å². The molecule has 0 spiro atoms. The number of ether oxygens (including phenoxy) is 1. The summed E-state index contributed by atoms with van der Waals surface area (Å²) in [7, 11) is 0. The van der Waals surface area contributed by atoms with Gasteiger partial charge in [-0.1, -0.05) is 0 Å². The Hall–Kier alpha value is -1.62. The molecule has 18 heavy (non-hydrogen) atoms. The van der Waals surface area contributed by atoms with Gasteiger partial charge in [-0.2, -0.15) is 0 Å². The number of carbonyl (C=O) groups excluding carboxylic acids is 2. The number of nitrogens with one attached hydrogen (secondary N) is 2. The standard InChI is InChI=1S/C13H18N2O3/c1-8(12-4-3-5-18-12)15-13(17)11-6-10(7-14-11)9(2)16/h6-8,12,14H,3-5H2,1-2H3,(H,15,17)/t8-,12-/m0/s1. The first kappa shape index (κ1) is 12.8. The van der Waals surface area contributed by atoms with Gasteiger partial charge in [-0.05, 0) is 32.8 Å². The first-order chi connectivity index (χ1) is 8.58. The van der Waals surface area contributed by atoms with Crippen molar-refractivity contribution in [3.8, 4) is 0 Å². The van der Waals surface area contributed by atoms with Crippen LogP contribution < -0.4 is 5.32 Å². The molecule has 1 aliphatic rings. The highest BCUT2D eigenvalue weighted by atomic mass is 16.5. The Kier molecular flexibility index (Phi) is 3.81. The minimum absolute atomic E-state index is 0.0240. The molecule has 0 saturated carbocycles. The molecule has 2 atom stereocenters. The van der Waals surface area contributed by atoms with Gasteiger partial charge in [-0.15, -0.1) is 0 Å². The van der Waals surface area contributed by atoms with Gasteiger partial charge in [0.1, 0.15) is 5.69 Å². The third kappa shape index (κ3) is 2.79. The van der Waals surface area contributed by atoms with Crippen LogP contribution in [0, 0.1) is 0 Å². The van der Waals surface area contributed by atoms with Gasteiger partial charge in [0.15, 0.2) is 5.78 Å². The molecule has 2 rings (SSSR count). The maximum Gasteiger partial charge on any atom is 0.268 e. The highest BCUT2D eigenvalue weighted by Gasteiger charge is 2.24. The predicted octanol–water partition coefficient (Wildman–Crippen LogP) is 1.51. The average Bonchev–Trinajstić information content (AvgIpc) is 3.00. The summed E-state index contributed by atoms with van der Waals surface area (Å²) >= 11 is 0. The van der Waals surface area contributed by atoms with E-state index in [1.54, 1.807) is 12.3 Å². The van der Waals surface area contributed by atoms with Gasteiger partial charge in [-0.25, -0.2) is 0 Å². The number of amides is 1. The van der Waals surface area contributed by atoms with Crippen molar-refractivity contribution in [3.05, 3.63) is 23.5 Å². The molecule has 0 aromatic carbocycles. The van der Waals surface area contributed by atoms with Crippen LogP contribution in [-0.4, -0.2) is 35.4 Å². The Balaban J connectivity index is 1.95. The normalized spacial score (nSPS) is 20.7. The fourth-order valence-corrected chi connectivity index (χ4v) is 2.10. The Bertz CT molecular complexity index is 447. The zero-order valence-corrected chi connectivity index (χ0v) is 10.7. The van der Waals surface area contributed by atoms with Crippen molar-refractivity contribution in [2.24, 2.45) is 0 Å². The van der Waals surface area contributed by atoms with Gasteiger partial charge in [0.25, 0.3) is 5.91 Å². The van der Waals surface area contributed by atoms with Crippen molar-refractivity contribution < 1.29 is 14.3 Å². The van der Waals surface area contributed by atoms with E-state index in [1.807, 2.05) is 6.92 Å². The first-order valence-electron chi connectivity index (χ1n) is 6.19. The van der Waals surface area contributed by atoms with Gasteiger partial charge < -0.3 is 15.0 Å². The smallest absolute Gasteiger partial charge is 0.268 e. The lowest BCUT2D eigenvalue weighted by Gasteiger charge is -2.19. The zero-order chi connectivity index (χ0) is 13.1. The summed E-state index contributed by atoms with van der Waals surface area (Å²) in [4.78, 5) is 25.9. The van der Waals surface area contributed by atoms with E-state index in [0.29, 0.717) is 11.3 Å². The highest BCUT2D eigenvalue weighted by molar-refractivity contribution is 5.99. The minimum atomic E-state index is -0.203. The number of rotatable bonds is 4. The molecule has 1 aliphatic heterocycles. The molecule has 1 aromatic rings. The van der Waals surface area contributed by atoms with E-state index >= 15 is 0 Å². The largest absolute Gasteiger partial charge is 0.376 e. The van der Waals surface area contributed by atoms with E-state index in [9.17, 15) is 9.59 Å². The Morgan fingerprint density at radius 3 is 2.89 bits per heavy atom. The summed E-state index contributed by atoms with van der Waals surface area (Å²) in [6.45, 7) is 4.17. The van der Waals surface area contributed by atoms with Gasteiger partial charge in [0.2, 0.25) is 0 Å². The van der Waals surface area contributed by atoms with Crippen LogP contribution in [0.4, 0.5) is 0 Å². The second kappa shape index (κ2) is 5.35. The molecular weight excluding hydrogens is 232 g/mol. The maximum atomic E-state index is 11.9. The monoisotopic (exact) mass is 250 g/mol. The molecule has 0 unspecified atom stereocenters. The molecular formula is C13H18N2O3. The molecule has 1 amide bonds. The van der Waals surface area contributed by atoms with Crippen molar-refractivity contribution >= 4 is 11.7 Å². The number of H-pyrrole nitrogens is 1. The topological polar surface area (TPSA) is 71.2 Å². The fourth-order valence-electron chi connectivity index (χ4n) is 2.10. The number of aromatic amines is 1. The maximum absolute atomic E-state index is 11.9. The van der Waals surface area contributed by atoms with Crippen LogP contribution >= 0.6 is 0 Å². The van der Waals surface area contributed by atoms with Crippen molar-refractivity contribution in [1.82, 2.24) is 10.3 Å².